The molecule has 17 heavy (non-hydrogen) atoms. The van der Waals surface area contributed by atoms with Gasteiger partial charge in [-0.25, -0.2) is 0 Å². The Bertz CT molecular complexity index is 168. The summed E-state index contributed by atoms with van der Waals surface area (Å²) in [7, 11) is -2.39. The molecule has 0 aromatic rings. The van der Waals surface area contributed by atoms with Gasteiger partial charge in [0, 0.05) is 21.6 Å². The van der Waals surface area contributed by atoms with Gasteiger partial charge in [0.2, 0.25) is 0 Å². The monoisotopic (exact) mass is 305 g/mol. The summed E-state index contributed by atoms with van der Waals surface area (Å²) in [5.74, 6) is 0. The maximum absolute atomic E-state index is 10.2. The molecule has 0 spiro atoms. The quantitative estimate of drug-likeness (QED) is 0.326. The second kappa shape index (κ2) is 16.5. The fourth-order valence-electron chi connectivity index (χ4n) is 1.73. The van der Waals surface area contributed by atoms with Gasteiger partial charge in [-0.3, -0.25) is 0 Å². The van der Waals surface area contributed by atoms with Crippen LogP contribution in [0.4, 0.5) is 0 Å². The summed E-state index contributed by atoms with van der Waals surface area (Å²) >= 11 is 0. The van der Waals surface area contributed by atoms with Crippen molar-refractivity contribution in [3.63, 3.8) is 0 Å². The maximum atomic E-state index is 10.2. The number of unbranched alkanes of at least 4 members (excludes halogenated alkanes) is 9. The molecule has 0 heterocycles. The molecule has 0 radical (unpaired) electrons. The summed E-state index contributed by atoms with van der Waals surface area (Å²) in [4.78, 5) is 8.38. The Kier molecular flexibility index (Phi) is 19.3. The van der Waals surface area contributed by atoms with Gasteiger partial charge in [0.1, 0.15) is 6.61 Å². The molecular weight excluding hydrogens is 279 g/mol. The Balaban J connectivity index is 0. The van der Waals surface area contributed by atoms with Crippen LogP contribution in [0.3, 0.4) is 0 Å². The molecule has 0 amide bonds. The SMILES string of the molecule is CCCCCCCCCCCCO[P+](=O)O.[Fe]. The molecule has 1 unspecified atom stereocenters. The van der Waals surface area contributed by atoms with Gasteiger partial charge in [-0.05, 0) is 6.42 Å². The van der Waals surface area contributed by atoms with E-state index in [1.54, 1.807) is 0 Å². The third-order valence-electron chi connectivity index (χ3n) is 2.70. The van der Waals surface area contributed by atoms with Gasteiger partial charge in [0.05, 0.1) is 0 Å². The van der Waals surface area contributed by atoms with E-state index in [0.717, 1.165) is 12.8 Å². The molecule has 0 saturated carbocycles. The van der Waals surface area contributed by atoms with Crippen LogP contribution in [-0.2, 0) is 26.2 Å². The van der Waals surface area contributed by atoms with E-state index in [1.165, 1.54) is 51.4 Å². The molecule has 0 aliphatic heterocycles. The maximum Gasteiger partial charge on any atom is 0.694 e. The zero-order chi connectivity index (χ0) is 12.1. The standard InChI is InChI=1S/C12H25O3P.Fe/c1-2-3-4-5-6-7-8-9-10-11-12-15-16(13)14;/h2-12H2,1H3;/p+1. The Morgan fingerprint density at radius 3 is 1.71 bits per heavy atom. The van der Waals surface area contributed by atoms with Crippen molar-refractivity contribution in [3.8, 4) is 0 Å². The van der Waals surface area contributed by atoms with E-state index in [0.29, 0.717) is 6.61 Å². The van der Waals surface area contributed by atoms with E-state index in [1.807, 2.05) is 0 Å². The Hall–Kier alpha value is 0.539. The van der Waals surface area contributed by atoms with E-state index < -0.39 is 8.25 Å². The minimum Gasteiger partial charge on any atom is -0.133 e. The van der Waals surface area contributed by atoms with Crippen LogP contribution in [0.2, 0.25) is 0 Å². The molecule has 0 saturated heterocycles. The normalized spacial score (nSPS) is 11.1. The van der Waals surface area contributed by atoms with Crippen LogP contribution in [0.1, 0.15) is 71.1 Å². The van der Waals surface area contributed by atoms with E-state index in [9.17, 15) is 4.57 Å². The largest absolute Gasteiger partial charge is 0.694 e. The van der Waals surface area contributed by atoms with Crippen LogP contribution >= 0.6 is 8.25 Å². The Labute approximate surface area is 117 Å². The van der Waals surface area contributed by atoms with E-state index >= 15 is 0 Å². The van der Waals surface area contributed by atoms with Gasteiger partial charge in [0.25, 0.3) is 0 Å². The minimum absolute atomic E-state index is 0. The summed E-state index contributed by atoms with van der Waals surface area (Å²) in [6.45, 7) is 2.66. The topological polar surface area (TPSA) is 46.5 Å². The molecule has 0 bridgehead atoms. The molecule has 0 aliphatic carbocycles. The molecule has 5 heteroatoms. The van der Waals surface area contributed by atoms with Crippen LogP contribution < -0.4 is 0 Å². The van der Waals surface area contributed by atoms with Gasteiger partial charge in [-0.2, -0.15) is 0 Å². The number of rotatable bonds is 12. The first-order chi connectivity index (χ1) is 7.77. The van der Waals surface area contributed by atoms with Crippen molar-refractivity contribution in [2.75, 3.05) is 6.61 Å². The third kappa shape index (κ3) is 19.1. The van der Waals surface area contributed by atoms with Crippen molar-refractivity contribution in [1.82, 2.24) is 0 Å². The van der Waals surface area contributed by atoms with E-state index in [4.69, 9.17) is 4.89 Å². The van der Waals surface area contributed by atoms with Crippen molar-refractivity contribution in [2.45, 2.75) is 71.1 Å². The number of hydrogen-bond acceptors (Lipinski definition) is 2. The first kappa shape index (κ1) is 19.9. The fourth-order valence-corrected chi connectivity index (χ4v) is 2.02. The van der Waals surface area contributed by atoms with Crippen LogP contribution in [0, 0.1) is 0 Å². The van der Waals surface area contributed by atoms with Gasteiger partial charge in [0.15, 0.2) is 0 Å². The van der Waals surface area contributed by atoms with Gasteiger partial charge in [-0.1, -0.05) is 64.7 Å². The first-order valence-electron chi connectivity index (χ1n) is 6.56. The van der Waals surface area contributed by atoms with Crippen molar-refractivity contribution in [2.24, 2.45) is 0 Å². The molecule has 0 rings (SSSR count). The Morgan fingerprint density at radius 1 is 0.882 bits per heavy atom. The van der Waals surface area contributed by atoms with Crippen molar-refractivity contribution < 1.29 is 31.1 Å². The Morgan fingerprint density at radius 2 is 1.29 bits per heavy atom. The second-order valence-electron chi connectivity index (χ2n) is 4.25. The second-order valence-corrected chi connectivity index (χ2v) is 4.99. The van der Waals surface area contributed by atoms with Gasteiger partial charge < -0.3 is 0 Å². The molecule has 1 N–H and O–H groups in total. The number of hydrogen-bond donors (Lipinski definition) is 1. The summed E-state index contributed by atoms with van der Waals surface area (Å²) in [5.41, 5.74) is 0. The van der Waals surface area contributed by atoms with Gasteiger partial charge in [-0.15, -0.1) is 9.42 Å². The molecule has 0 fully saturated rings. The predicted molar refractivity (Wildman–Crippen MR) is 67.6 cm³/mol. The summed E-state index contributed by atoms with van der Waals surface area (Å²) in [6, 6.07) is 0. The summed E-state index contributed by atoms with van der Waals surface area (Å²) < 4.78 is 14.8. The van der Waals surface area contributed by atoms with Crippen LogP contribution in [0.5, 0.6) is 0 Å². The van der Waals surface area contributed by atoms with Crippen LogP contribution in [0.15, 0.2) is 0 Å². The molecule has 3 nitrogen and oxygen atoms in total. The zero-order valence-corrected chi connectivity index (χ0v) is 12.8. The molecule has 0 aromatic heterocycles. The molecule has 0 aromatic carbocycles. The third-order valence-corrected chi connectivity index (χ3v) is 3.10. The average molecular weight is 305 g/mol. The average Bonchev–Trinajstić information content (AvgIpc) is 2.25. The minimum atomic E-state index is -2.39. The predicted octanol–water partition coefficient (Wildman–Crippen LogP) is 4.57. The smallest absolute Gasteiger partial charge is 0.133 e. The van der Waals surface area contributed by atoms with Crippen LogP contribution in [-0.4, -0.2) is 11.5 Å². The van der Waals surface area contributed by atoms with Gasteiger partial charge >= 0.3 is 8.25 Å². The van der Waals surface area contributed by atoms with Crippen molar-refractivity contribution >= 4 is 8.25 Å². The van der Waals surface area contributed by atoms with Crippen LogP contribution in [0.25, 0.3) is 0 Å². The molecule has 104 valence electrons. The summed E-state index contributed by atoms with van der Waals surface area (Å²) in [6.07, 6.45) is 12.7. The molecular formula is C12H26FeO3P+. The fraction of sp³-hybridized carbons (Fsp3) is 1.00. The molecule has 0 aliphatic rings. The van der Waals surface area contributed by atoms with E-state index in [-0.39, 0.29) is 17.1 Å². The zero-order valence-electron chi connectivity index (χ0n) is 10.8. The van der Waals surface area contributed by atoms with Crippen molar-refractivity contribution in [1.29, 1.82) is 0 Å². The first-order valence-corrected chi connectivity index (χ1v) is 7.69. The summed E-state index contributed by atoms with van der Waals surface area (Å²) in [5, 5.41) is 0. The van der Waals surface area contributed by atoms with Crippen molar-refractivity contribution in [3.05, 3.63) is 0 Å². The molecule has 1 atom stereocenters. The van der Waals surface area contributed by atoms with E-state index in [2.05, 4.69) is 11.4 Å².